The van der Waals surface area contributed by atoms with Gasteiger partial charge in [0, 0.05) is 31.6 Å². The maximum Gasteiger partial charge on any atom is 0.146 e. The van der Waals surface area contributed by atoms with Gasteiger partial charge in [-0.3, -0.25) is 0 Å². The Kier molecular flexibility index (Phi) is 5.55. The highest BCUT2D eigenvalue weighted by molar-refractivity contribution is 5.47. The number of hydrogen-bond donors (Lipinski definition) is 2. The number of nitrogens with one attached hydrogen (secondary N) is 2. The Labute approximate surface area is 120 Å². The van der Waals surface area contributed by atoms with Gasteiger partial charge in [-0.25, -0.2) is 15.0 Å². The molecule has 0 amide bonds. The summed E-state index contributed by atoms with van der Waals surface area (Å²) in [5.74, 6) is 2.91. The van der Waals surface area contributed by atoms with E-state index in [2.05, 4.69) is 46.5 Å². The van der Waals surface area contributed by atoms with Crippen molar-refractivity contribution in [2.24, 2.45) is 0 Å². The fraction of sp³-hybridized carbons (Fsp3) is 0.714. The van der Waals surface area contributed by atoms with E-state index >= 15 is 0 Å². The Balaban J connectivity index is 2.10. The second kappa shape index (κ2) is 7.40. The molecule has 6 nitrogen and oxygen atoms in total. The number of morpholine rings is 1. The molecule has 6 heteroatoms. The molecular formula is C14H25N5O. The molecule has 1 saturated heterocycles. The number of aromatic nitrogens is 2. The van der Waals surface area contributed by atoms with E-state index in [4.69, 9.17) is 4.74 Å². The first-order valence-corrected chi connectivity index (χ1v) is 7.41. The number of ether oxygens (including phenoxy) is 1. The molecule has 112 valence electrons. The first kappa shape index (κ1) is 15.0. The second-order valence-corrected chi connectivity index (χ2v) is 5.29. The molecule has 20 heavy (non-hydrogen) atoms. The molecule has 2 heterocycles. The van der Waals surface area contributed by atoms with Crippen molar-refractivity contribution < 1.29 is 4.74 Å². The summed E-state index contributed by atoms with van der Waals surface area (Å²) < 4.78 is 5.35. The summed E-state index contributed by atoms with van der Waals surface area (Å²) in [5.41, 5.74) is 3.36. The summed E-state index contributed by atoms with van der Waals surface area (Å²) in [7, 11) is 0. The molecule has 1 aliphatic rings. The van der Waals surface area contributed by atoms with Crippen LogP contribution in [0.15, 0.2) is 6.07 Å². The average molecular weight is 279 g/mol. The zero-order valence-electron chi connectivity index (χ0n) is 12.6. The van der Waals surface area contributed by atoms with E-state index in [1.165, 1.54) is 0 Å². The van der Waals surface area contributed by atoms with E-state index in [0.717, 1.165) is 56.7 Å². The highest BCUT2D eigenvalue weighted by Gasteiger charge is 2.13. The molecule has 1 aromatic heterocycles. The smallest absolute Gasteiger partial charge is 0.146 e. The van der Waals surface area contributed by atoms with Crippen molar-refractivity contribution >= 4 is 11.6 Å². The van der Waals surface area contributed by atoms with Crippen LogP contribution in [0.5, 0.6) is 0 Å². The van der Waals surface area contributed by atoms with Gasteiger partial charge in [0.05, 0.1) is 13.2 Å². The van der Waals surface area contributed by atoms with Gasteiger partial charge in [-0.15, -0.1) is 0 Å². The standard InChI is InChI=1S/C14H25N5O/c1-4-5-15-12-10-13(17-14(16-12)11(2)3)18-19-6-8-20-9-7-19/h10-11H,4-9H2,1-3H3,(H2,15,16,17,18). The quantitative estimate of drug-likeness (QED) is 0.831. The lowest BCUT2D eigenvalue weighted by Gasteiger charge is -2.27. The molecule has 0 unspecified atom stereocenters. The van der Waals surface area contributed by atoms with Crippen LogP contribution >= 0.6 is 0 Å². The molecule has 0 aliphatic carbocycles. The molecule has 0 radical (unpaired) electrons. The van der Waals surface area contributed by atoms with Crippen LogP contribution in [0.2, 0.25) is 0 Å². The van der Waals surface area contributed by atoms with Crippen molar-refractivity contribution in [2.45, 2.75) is 33.1 Å². The Morgan fingerprint density at radius 2 is 1.95 bits per heavy atom. The summed E-state index contributed by atoms with van der Waals surface area (Å²) in [6.45, 7) is 10.6. The molecule has 1 aliphatic heterocycles. The fourth-order valence-electron chi connectivity index (χ4n) is 1.96. The Morgan fingerprint density at radius 3 is 2.60 bits per heavy atom. The van der Waals surface area contributed by atoms with Crippen LogP contribution < -0.4 is 10.7 Å². The predicted octanol–water partition coefficient (Wildman–Crippen LogP) is 2.08. The number of hydrogen-bond acceptors (Lipinski definition) is 6. The van der Waals surface area contributed by atoms with Crippen molar-refractivity contribution in [1.82, 2.24) is 15.0 Å². The molecule has 2 N–H and O–H groups in total. The third-order valence-corrected chi connectivity index (χ3v) is 3.10. The van der Waals surface area contributed by atoms with Gasteiger partial charge >= 0.3 is 0 Å². The minimum Gasteiger partial charge on any atom is -0.379 e. The number of hydrazine groups is 1. The van der Waals surface area contributed by atoms with Gasteiger partial charge in [0.1, 0.15) is 17.5 Å². The number of nitrogens with zero attached hydrogens (tertiary/aromatic N) is 3. The molecule has 0 bridgehead atoms. The predicted molar refractivity (Wildman–Crippen MR) is 80.9 cm³/mol. The van der Waals surface area contributed by atoms with Gasteiger partial charge in [0.15, 0.2) is 0 Å². The van der Waals surface area contributed by atoms with Crippen LogP contribution in [0.1, 0.15) is 38.9 Å². The van der Waals surface area contributed by atoms with E-state index in [1.807, 2.05) is 6.07 Å². The minimum absolute atomic E-state index is 0.309. The van der Waals surface area contributed by atoms with Gasteiger partial charge in [0.25, 0.3) is 0 Å². The van der Waals surface area contributed by atoms with Crippen LogP contribution in [0.3, 0.4) is 0 Å². The lowest BCUT2D eigenvalue weighted by atomic mass is 10.2. The van der Waals surface area contributed by atoms with Crippen LogP contribution in [0.4, 0.5) is 11.6 Å². The Hall–Kier alpha value is -1.40. The zero-order valence-corrected chi connectivity index (χ0v) is 12.6. The van der Waals surface area contributed by atoms with Crippen LogP contribution in [-0.4, -0.2) is 47.8 Å². The van der Waals surface area contributed by atoms with Gasteiger partial charge in [-0.05, 0) is 6.42 Å². The largest absolute Gasteiger partial charge is 0.379 e. The van der Waals surface area contributed by atoms with E-state index in [0.29, 0.717) is 5.92 Å². The molecule has 0 atom stereocenters. The van der Waals surface area contributed by atoms with E-state index in [-0.39, 0.29) is 0 Å². The lowest BCUT2D eigenvalue weighted by molar-refractivity contribution is 0.0495. The molecule has 0 aromatic carbocycles. The maximum atomic E-state index is 5.35. The van der Waals surface area contributed by atoms with Crippen LogP contribution in [-0.2, 0) is 4.74 Å². The van der Waals surface area contributed by atoms with E-state index in [9.17, 15) is 0 Å². The minimum atomic E-state index is 0.309. The van der Waals surface area contributed by atoms with Gasteiger partial charge < -0.3 is 15.5 Å². The molecule has 1 aromatic rings. The Morgan fingerprint density at radius 1 is 1.25 bits per heavy atom. The van der Waals surface area contributed by atoms with Crippen molar-refractivity contribution in [3.63, 3.8) is 0 Å². The summed E-state index contributed by atoms with van der Waals surface area (Å²) in [5, 5.41) is 5.47. The molecule has 0 spiro atoms. The van der Waals surface area contributed by atoms with Crippen LogP contribution in [0.25, 0.3) is 0 Å². The van der Waals surface area contributed by atoms with Crippen molar-refractivity contribution in [3.05, 3.63) is 11.9 Å². The average Bonchev–Trinajstić information content (AvgIpc) is 2.46. The Bertz CT molecular complexity index is 418. The third-order valence-electron chi connectivity index (χ3n) is 3.10. The highest BCUT2D eigenvalue weighted by Crippen LogP contribution is 2.17. The zero-order chi connectivity index (χ0) is 14.4. The monoisotopic (exact) mass is 279 g/mol. The van der Waals surface area contributed by atoms with Crippen molar-refractivity contribution in [3.8, 4) is 0 Å². The highest BCUT2D eigenvalue weighted by atomic mass is 16.5. The fourth-order valence-corrected chi connectivity index (χ4v) is 1.96. The van der Waals surface area contributed by atoms with Gasteiger partial charge in [-0.2, -0.15) is 0 Å². The summed E-state index contributed by atoms with van der Waals surface area (Å²) in [6, 6.07) is 1.97. The van der Waals surface area contributed by atoms with Crippen molar-refractivity contribution in [2.75, 3.05) is 43.6 Å². The van der Waals surface area contributed by atoms with Crippen molar-refractivity contribution in [1.29, 1.82) is 0 Å². The molecule has 2 rings (SSSR count). The number of rotatable bonds is 6. The SMILES string of the molecule is CCCNc1cc(NN2CCOCC2)nc(C(C)C)n1. The van der Waals surface area contributed by atoms with Crippen LogP contribution in [0, 0.1) is 0 Å². The summed E-state index contributed by atoms with van der Waals surface area (Å²) in [4.78, 5) is 9.15. The van der Waals surface area contributed by atoms with Gasteiger partial charge in [0.2, 0.25) is 0 Å². The molecular weight excluding hydrogens is 254 g/mol. The third kappa shape index (κ3) is 4.31. The first-order chi connectivity index (χ1) is 9.69. The normalized spacial score (nSPS) is 16.4. The van der Waals surface area contributed by atoms with E-state index in [1.54, 1.807) is 0 Å². The molecule has 0 saturated carbocycles. The summed E-state index contributed by atoms with van der Waals surface area (Å²) in [6.07, 6.45) is 1.08. The lowest BCUT2D eigenvalue weighted by Crippen LogP contribution is -2.40. The summed E-state index contributed by atoms with van der Waals surface area (Å²) >= 11 is 0. The molecule has 1 fully saturated rings. The van der Waals surface area contributed by atoms with Gasteiger partial charge in [-0.1, -0.05) is 20.8 Å². The topological polar surface area (TPSA) is 62.3 Å². The first-order valence-electron chi connectivity index (χ1n) is 7.41. The second-order valence-electron chi connectivity index (χ2n) is 5.29. The van der Waals surface area contributed by atoms with E-state index < -0.39 is 0 Å². The number of anilines is 2. The maximum absolute atomic E-state index is 5.35.